The first-order chi connectivity index (χ1) is 2.00. The van der Waals surface area contributed by atoms with Crippen molar-refractivity contribution in [2.45, 2.75) is 0 Å². The molecule has 0 spiro atoms. The Hall–Kier alpha value is 1.84. The summed E-state index contributed by atoms with van der Waals surface area (Å²) in [6.07, 6.45) is 0. The number of hydrogen-bond acceptors (Lipinski definition) is 3. The van der Waals surface area contributed by atoms with Gasteiger partial charge in [-0.3, -0.25) is 4.55 Å². The van der Waals surface area contributed by atoms with Gasteiger partial charge in [0.25, 0.3) is 0 Å². The molecular weight excluding hydrogens is 217 g/mol. The molecule has 0 heterocycles. The fourth-order valence-electron chi connectivity index (χ4n) is 0. The third-order valence-corrected chi connectivity index (χ3v) is 0. The second-order valence-corrected chi connectivity index (χ2v) is 1.28. The summed E-state index contributed by atoms with van der Waals surface area (Å²) in [6, 6.07) is 0. The van der Waals surface area contributed by atoms with E-state index in [-0.39, 0.29) is 62.5 Å². The smallest absolute Gasteiger partial charge is 2.00 e. The molecule has 0 atom stereocenters. The van der Waals surface area contributed by atoms with Crippen molar-refractivity contribution in [3.63, 3.8) is 0 Å². The van der Waals surface area contributed by atoms with E-state index in [1.165, 1.54) is 0 Å². The third-order valence-electron chi connectivity index (χ3n) is 0. The molecule has 0 aliphatic heterocycles. The molecule has 0 unspecified atom stereocenters. The molecule has 0 radical (unpaired) electrons. The van der Waals surface area contributed by atoms with Crippen LogP contribution in [0.2, 0.25) is 0 Å². The van der Waals surface area contributed by atoms with Crippen molar-refractivity contribution in [3.05, 3.63) is 0 Å². The van der Waals surface area contributed by atoms with E-state index in [4.69, 9.17) is 17.5 Å². The van der Waals surface area contributed by atoms with Gasteiger partial charge >= 0.3 is 49.0 Å². The standard InChI is InChI=1S/Na.H2O4S.S.Zn/c;1-5(2,3)4;;/h;(H2,1,2,3,4);;/q+1;;-2;+2/p-1. The van der Waals surface area contributed by atoms with Crippen molar-refractivity contribution in [1.82, 2.24) is 0 Å². The van der Waals surface area contributed by atoms with Crippen molar-refractivity contribution in [3.8, 4) is 0 Å². The summed E-state index contributed by atoms with van der Waals surface area (Å²) in [5, 5.41) is 0. The second kappa shape index (κ2) is 8.84. The molecule has 4 nitrogen and oxygen atoms in total. The zero-order chi connectivity index (χ0) is 4.50. The Morgan fingerprint density at radius 3 is 1.38 bits per heavy atom. The minimum atomic E-state index is -4.92. The molecule has 0 amide bonds. The molecule has 0 fully saturated rings. The monoisotopic (exact) mass is 216 g/mol. The topological polar surface area (TPSA) is 77.4 Å². The van der Waals surface area contributed by atoms with Gasteiger partial charge in [0.15, 0.2) is 0 Å². The minimum Gasteiger partial charge on any atom is -2.00 e. The van der Waals surface area contributed by atoms with Crippen LogP contribution in [0.1, 0.15) is 0 Å². The quantitative estimate of drug-likeness (QED) is 0.255. The summed E-state index contributed by atoms with van der Waals surface area (Å²) in [6.45, 7) is 0. The van der Waals surface area contributed by atoms with Gasteiger partial charge in [0.05, 0.1) is 0 Å². The summed E-state index contributed by atoms with van der Waals surface area (Å²) in [5.74, 6) is 0. The first kappa shape index (κ1) is 22.5. The van der Waals surface area contributed by atoms with Gasteiger partial charge in [-0.15, -0.1) is 0 Å². The minimum absolute atomic E-state index is 0. The average molecular weight is 218 g/mol. The van der Waals surface area contributed by atoms with E-state index in [0.29, 0.717) is 0 Å². The fraction of sp³-hybridized carbons (Fsp3) is 0. The van der Waals surface area contributed by atoms with E-state index >= 15 is 0 Å². The first-order valence-corrected chi connectivity index (χ1v) is 2.05. The van der Waals surface area contributed by atoms with Crippen LogP contribution in [0.3, 0.4) is 0 Å². The number of hydrogen-bond donors (Lipinski definition) is 1. The van der Waals surface area contributed by atoms with Gasteiger partial charge in [-0.05, 0) is 0 Å². The molecule has 1 N–H and O–H groups in total. The molecule has 0 aliphatic carbocycles. The summed E-state index contributed by atoms with van der Waals surface area (Å²) in [7, 11) is -4.92. The SMILES string of the molecule is O=S(=O)([O-])O.[Na+].[S-2].[Zn+2]. The predicted octanol–water partition coefficient (Wildman–Crippen LogP) is -4.00. The van der Waals surface area contributed by atoms with Crippen molar-refractivity contribution in [2.24, 2.45) is 0 Å². The van der Waals surface area contributed by atoms with Crippen LogP contribution in [0.5, 0.6) is 0 Å². The van der Waals surface area contributed by atoms with Crippen molar-refractivity contribution in [1.29, 1.82) is 0 Å². The maximum atomic E-state index is 8.63. The van der Waals surface area contributed by atoms with E-state index in [0.717, 1.165) is 0 Å². The van der Waals surface area contributed by atoms with Crippen LogP contribution in [-0.2, 0) is 43.4 Å². The Kier molecular flexibility index (Phi) is 24.9. The molecule has 0 bridgehead atoms. The van der Waals surface area contributed by atoms with Crippen LogP contribution >= 0.6 is 0 Å². The molecule has 0 aliphatic rings. The van der Waals surface area contributed by atoms with E-state index < -0.39 is 10.4 Å². The summed E-state index contributed by atoms with van der Waals surface area (Å²) in [4.78, 5) is 0. The summed E-state index contributed by atoms with van der Waals surface area (Å²) in [5.41, 5.74) is 0. The Bertz CT molecular complexity index is 97.2. The third kappa shape index (κ3) is 108. The normalized spacial score (nSPS) is 7.25. The Morgan fingerprint density at radius 2 is 1.38 bits per heavy atom. The summed E-state index contributed by atoms with van der Waals surface area (Å²) >= 11 is 0. The van der Waals surface area contributed by atoms with Crippen LogP contribution < -0.4 is 29.6 Å². The molecular formula is HNaO4S2Zn. The summed E-state index contributed by atoms with van der Waals surface area (Å²) < 4.78 is 32.8. The molecule has 40 valence electrons. The van der Waals surface area contributed by atoms with Crippen LogP contribution in [0.4, 0.5) is 0 Å². The van der Waals surface area contributed by atoms with Gasteiger partial charge in [-0.2, -0.15) is 0 Å². The molecule has 0 rings (SSSR count). The van der Waals surface area contributed by atoms with Gasteiger partial charge in [0, 0.05) is 0 Å². The zero-order valence-electron chi connectivity index (χ0n) is 4.20. The zero-order valence-corrected chi connectivity index (χ0v) is 10.8. The largest absolute Gasteiger partial charge is 2.00 e. The Morgan fingerprint density at radius 1 is 1.38 bits per heavy atom. The number of rotatable bonds is 0. The van der Waals surface area contributed by atoms with Crippen molar-refractivity contribution >= 4 is 23.9 Å². The van der Waals surface area contributed by atoms with Crippen LogP contribution in [-0.4, -0.2) is 17.5 Å². The molecule has 8 heteroatoms. The molecule has 8 heavy (non-hydrogen) atoms. The van der Waals surface area contributed by atoms with Crippen LogP contribution in [0.15, 0.2) is 0 Å². The average Bonchev–Trinajstić information content (AvgIpc) is 0.722. The maximum absolute atomic E-state index is 8.63. The second-order valence-electron chi connectivity index (χ2n) is 0.428. The molecule has 0 aromatic carbocycles. The van der Waals surface area contributed by atoms with E-state index in [1.807, 2.05) is 0 Å². The van der Waals surface area contributed by atoms with E-state index in [2.05, 4.69) is 0 Å². The van der Waals surface area contributed by atoms with Gasteiger partial charge in [-0.1, -0.05) is 0 Å². The van der Waals surface area contributed by atoms with Crippen LogP contribution in [0, 0.1) is 0 Å². The van der Waals surface area contributed by atoms with Gasteiger partial charge < -0.3 is 18.0 Å². The predicted molar refractivity (Wildman–Crippen MR) is 19.7 cm³/mol. The first-order valence-electron chi connectivity index (χ1n) is 0.683. The molecule has 0 aromatic rings. The molecule has 0 saturated carbocycles. The Labute approximate surface area is 89.5 Å². The van der Waals surface area contributed by atoms with Gasteiger partial charge in [0.2, 0.25) is 10.4 Å². The van der Waals surface area contributed by atoms with Crippen LogP contribution in [0.25, 0.3) is 0 Å². The van der Waals surface area contributed by atoms with Gasteiger partial charge in [0.1, 0.15) is 0 Å². The van der Waals surface area contributed by atoms with Gasteiger partial charge in [-0.25, -0.2) is 8.42 Å². The van der Waals surface area contributed by atoms with E-state index in [9.17, 15) is 0 Å². The molecule has 0 aromatic heterocycles. The fourth-order valence-corrected chi connectivity index (χ4v) is 0. The Balaban J connectivity index is -0.0000000267. The maximum Gasteiger partial charge on any atom is 2.00 e. The van der Waals surface area contributed by atoms with Crippen molar-refractivity contribution < 1.29 is 66.6 Å². The van der Waals surface area contributed by atoms with E-state index in [1.54, 1.807) is 0 Å². The van der Waals surface area contributed by atoms with Crippen molar-refractivity contribution in [2.75, 3.05) is 0 Å². The molecule has 0 saturated heterocycles.